The molecule has 2 aliphatic heterocycles. The molecule has 2 unspecified atom stereocenters. The summed E-state index contributed by atoms with van der Waals surface area (Å²) in [6.45, 7) is 0.628. The van der Waals surface area contributed by atoms with Crippen LogP contribution in [0.5, 0.6) is 0 Å². The van der Waals surface area contributed by atoms with Gasteiger partial charge in [-0.2, -0.15) is 0 Å². The first kappa shape index (κ1) is 18.1. The molecule has 140 valence electrons. The summed E-state index contributed by atoms with van der Waals surface area (Å²) >= 11 is 12.1. The Morgan fingerprint density at radius 2 is 2.04 bits per heavy atom. The molecule has 0 aliphatic carbocycles. The summed E-state index contributed by atoms with van der Waals surface area (Å²) in [5, 5.41) is 7.15. The first-order valence-electron chi connectivity index (χ1n) is 8.91. The summed E-state index contributed by atoms with van der Waals surface area (Å²) in [7, 11) is 0. The number of anilines is 2. The van der Waals surface area contributed by atoms with E-state index in [4.69, 9.17) is 23.2 Å². The first-order valence-corrected chi connectivity index (χ1v) is 9.66. The second kappa shape index (κ2) is 7.41. The Kier molecular flexibility index (Phi) is 4.98. The summed E-state index contributed by atoms with van der Waals surface area (Å²) in [6, 6.07) is 12.7. The van der Waals surface area contributed by atoms with Crippen LogP contribution in [0.25, 0.3) is 0 Å². The summed E-state index contributed by atoms with van der Waals surface area (Å²) in [5.41, 5.74) is 2.73. The number of aryl methyl sites for hydroxylation is 1. The van der Waals surface area contributed by atoms with E-state index in [1.54, 1.807) is 12.1 Å². The van der Waals surface area contributed by atoms with E-state index < -0.39 is 0 Å². The lowest BCUT2D eigenvalue weighted by Crippen LogP contribution is -2.44. The van der Waals surface area contributed by atoms with Crippen LogP contribution in [0.15, 0.2) is 42.5 Å². The zero-order valence-electron chi connectivity index (χ0n) is 14.5. The van der Waals surface area contributed by atoms with E-state index in [9.17, 15) is 9.59 Å². The molecule has 0 saturated carbocycles. The highest BCUT2D eigenvalue weighted by Gasteiger charge is 2.41. The Morgan fingerprint density at radius 3 is 2.85 bits per heavy atom. The number of hydrogen-bond acceptors (Lipinski definition) is 3. The highest BCUT2D eigenvalue weighted by Crippen LogP contribution is 2.36. The molecule has 4 rings (SSSR count). The van der Waals surface area contributed by atoms with E-state index in [-0.39, 0.29) is 23.9 Å². The number of para-hydroxylation sites is 2. The van der Waals surface area contributed by atoms with Gasteiger partial charge in [-0.15, -0.1) is 0 Å². The molecule has 2 aromatic carbocycles. The van der Waals surface area contributed by atoms with E-state index in [0.29, 0.717) is 35.9 Å². The van der Waals surface area contributed by atoms with Crippen molar-refractivity contribution in [3.8, 4) is 0 Å². The minimum Gasteiger partial charge on any atom is -0.356 e. The minimum absolute atomic E-state index is 0.0154. The number of benzene rings is 2. The fourth-order valence-corrected chi connectivity index (χ4v) is 4.28. The monoisotopic (exact) mass is 403 g/mol. The van der Waals surface area contributed by atoms with Crippen molar-refractivity contribution in [3.05, 3.63) is 58.1 Å². The Hall–Kier alpha value is -2.24. The van der Waals surface area contributed by atoms with Crippen molar-refractivity contribution in [1.82, 2.24) is 5.32 Å². The van der Waals surface area contributed by atoms with E-state index in [2.05, 4.69) is 15.5 Å². The number of fused-ring (bicyclic) bond motifs is 3. The van der Waals surface area contributed by atoms with Crippen LogP contribution in [-0.2, 0) is 16.0 Å². The molecule has 2 N–H and O–H groups in total. The summed E-state index contributed by atoms with van der Waals surface area (Å²) in [6.07, 6.45) is 1.49. The molecule has 7 heteroatoms. The Labute approximate surface area is 167 Å². The lowest BCUT2D eigenvalue weighted by atomic mass is 10.1. The van der Waals surface area contributed by atoms with E-state index in [1.807, 2.05) is 30.3 Å². The molecule has 5 nitrogen and oxygen atoms in total. The maximum absolute atomic E-state index is 12.4. The normalized spacial score (nSPS) is 20.7. The van der Waals surface area contributed by atoms with Crippen LogP contribution in [0.4, 0.5) is 11.4 Å². The Balaban J connectivity index is 1.37. The van der Waals surface area contributed by atoms with Crippen molar-refractivity contribution in [2.24, 2.45) is 0 Å². The number of hydrogen-bond donors (Lipinski definition) is 2. The third kappa shape index (κ3) is 3.75. The predicted octanol–water partition coefficient (Wildman–Crippen LogP) is 3.64. The zero-order chi connectivity index (χ0) is 19.0. The number of halogens is 2. The Bertz CT molecular complexity index is 903. The van der Waals surface area contributed by atoms with Crippen LogP contribution < -0.4 is 15.5 Å². The van der Waals surface area contributed by atoms with E-state index in [0.717, 1.165) is 16.9 Å². The van der Waals surface area contributed by atoms with Crippen LogP contribution in [0, 0.1) is 0 Å². The van der Waals surface area contributed by atoms with E-state index in [1.165, 1.54) is 0 Å². The molecule has 1 saturated heterocycles. The smallest absolute Gasteiger partial charge is 0.247 e. The summed E-state index contributed by atoms with van der Waals surface area (Å²) in [4.78, 5) is 26.8. The van der Waals surface area contributed by atoms with Crippen molar-refractivity contribution in [3.63, 3.8) is 0 Å². The van der Waals surface area contributed by atoms with Gasteiger partial charge in [-0.05, 0) is 42.7 Å². The van der Waals surface area contributed by atoms with Gasteiger partial charge in [-0.25, -0.2) is 0 Å². The third-order valence-electron chi connectivity index (χ3n) is 5.08. The van der Waals surface area contributed by atoms with Crippen molar-refractivity contribution < 1.29 is 9.59 Å². The first-order chi connectivity index (χ1) is 13.0. The van der Waals surface area contributed by atoms with Gasteiger partial charge < -0.3 is 15.5 Å². The second-order valence-corrected chi connectivity index (χ2v) is 7.75. The van der Waals surface area contributed by atoms with Crippen molar-refractivity contribution in [1.29, 1.82) is 0 Å². The van der Waals surface area contributed by atoms with Crippen LogP contribution in [-0.4, -0.2) is 30.4 Å². The van der Waals surface area contributed by atoms with Gasteiger partial charge in [-0.1, -0.05) is 41.4 Å². The fourth-order valence-electron chi connectivity index (χ4n) is 3.77. The molecule has 27 heavy (non-hydrogen) atoms. The lowest BCUT2D eigenvalue weighted by Gasteiger charge is -2.32. The number of carbonyl (C=O) groups excluding carboxylic acids is 2. The molecule has 0 radical (unpaired) electrons. The highest BCUT2D eigenvalue weighted by atomic mass is 35.5. The van der Waals surface area contributed by atoms with Crippen molar-refractivity contribution in [2.45, 2.75) is 31.3 Å². The molecule has 2 atom stereocenters. The lowest BCUT2D eigenvalue weighted by molar-refractivity contribution is -0.122. The van der Waals surface area contributed by atoms with Gasteiger partial charge in [0.15, 0.2) is 0 Å². The fraction of sp³-hybridized carbons (Fsp3) is 0.300. The summed E-state index contributed by atoms with van der Waals surface area (Å²) in [5.74, 6) is -0.0575. The highest BCUT2D eigenvalue weighted by molar-refractivity contribution is 6.35. The molecule has 2 aliphatic rings. The maximum Gasteiger partial charge on any atom is 0.247 e. The topological polar surface area (TPSA) is 61.4 Å². The predicted molar refractivity (Wildman–Crippen MR) is 108 cm³/mol. The maximum atomic E-state index is 12.4. The molecule has 0 aromatic heterocycles. The number of nitrogens with zero attached hydrogens (tertiary/aromatic N) is 1. The van der Waals surface area contributed by atoms with Crippen LogP contribution in [0.1, 0.15) is 18.4 Å². The molecular weight excluding hydrogens is 385 g/mol. The van der Waals surface area contributed by atoms with Crippen LogP contribution >= 0.6 is 23.2 Å². The summed E-state index contributed by atoms with van der Waals surface area (Å²) < 4.78 is 0. The molecule has 2 aromatic rings. The molecule has 1 fully saturated rings. The standard InChI is InChI=1S/C20H19Cl2N3O2/c21-13-7-5-12(15(22)9-13)6-8-19(26)23-14-10-18-20(27)24-16-3-1-2-4-17(16)25(18)11-14/h1-5,7,9,14,18H,6,8,10-11H2,(H,23,26)(H,24,27). The Morgan fingerprint density at radius 1 is 1.22 bits per heavy atom. The number of nitrogens with one attached hydrogen (secondary N) is 2. The average Bonchev–Trinajstić information content (AvgIpc) is 3.05. The van der Waals surface area contributed by atoms with E-state index >= 15 is 0 Å². The van der Waals surface area contributed by atoms with Crippen LogP contribution in [0.2, 0.25) is 10.0 Å². The van der Waals surface area contributed by atoms with Gasteiger partial charge in [-0.3, -0.25) is 9.59 Å². The van der Waals surface area contributed by atoms with Crippen molar-refractivity contribution in [2.75, 3.05) is 16.8 Å². The molecule has 0 spiro atoms. The number of amides is 2. The molecule has 0 bridgehead atoms. The van der Waals surface area contributed by atoms with Gasteiger partial charge in [0, 0.05) is 29.1 Å². The molecule has 2 heterocycles. The second-order valence-electron chi connectivity index (χ2n) is 6.91. The van der Waals surface area contributed by atoms with Gasteiger partial charge in [0.25, 0.3) is 0 Å². The van der Waals surface area contributed by atoms with Gasteiger partial charge in [0.05, 0.1) is 11.4 Å². The number of rotatable bonds is 4. The zero-order valence-corrected chi connectivity index (χ0v) is 16.1. The van der Waals surface area contributed by atoms with Crippen LogP contribution in [0.3, 0.4) is 0 Å². The molecule has 2 amide bonds. The average molecular weight is 404 g/mol. The SMILES string of the molecule is O=C(CCc1ccc(Cl)cc1Cl)NC1CC2C(=O)Nc3ccccc3N2C1. The van der Waals surface area contributed by atoms with Crippen molar-refractivity contribution >= 4 is 46.4 Å². The molecular formula is C20H19Cl2N3O2. The van der Waals surface area contributed by atoms with Gasteiger partial charge in [0.2, 0.25) is 11.8 Å². The largest absolute Gasteiger partial charge is 0.356 e. The quantitative estimate of drug-likeness (QED) is 0.818. The number of carbonyl (C=O) groups is 2. The van der Waals surface area contributed by atoms with Gasteiger partial charge in [0.1, 0.15) is 6.04 Å². The van der Waals surface area contributed by atoms with Gasteiger partial charge >= 0.3 is 0 Å². The minimum atomic E-state index is -0.240. The third-order valence-corrected chi connectivity index (χ3v) is 5.66.